The largest absolute Gasteiger partial charge is 0.315 e. The van der Waals surface area contributed by atoms with Gasteiger partial charge >= 0.3 is 0 Å². The maximum absolute atomic E-state index is 3.79. The predicted octanol–water partition coefficient (Wildman–Crippen LogP) is 2.59. The first kappa shape index (κ1) is 10.7. The molecule has 2 atom stereocenters. The van der Waals surface area contributed by atoms with Gasteiger partial charge in [-0.1, -0.05) is 19.9 Å². The van der Waals surface area contributed by atoms with Crippen LogP contribution in [0.5, 0.6) is 0 Å². The molecule has 0 aliphatic rings. The Morgan fingerprint density at radius 1 is 1.64 bits per heavy atom. The van der Waals surface area contributed by atoms with E-state index in [2.05, 4.69) is 32.7 Å². The van der Waals surface area contributed by atoms with Crippen LogP contribution < -0.4 is 5.32 Å². The summed E-state index contributed by atoms with van der Waals surface area (Å²) in [7, 11) is 2.03. The summed E-state index contributed by atoms with van der Waals surface area (Å²) in [5.74, 6) is 0.604. The lowest BCUT2D eigenvalue weighted by Gasteiger charge is -2.29. The Kier molecular flexibility index (Phi) is 4.43. The minimum Gasteiger partial charge on any atom is -0.315 e. The summed E-state index contributed by atoms with van der Waals surface area (Å²) in [6.07, 6.45) is 4.36. The van der Waals surface area contributed by atoms with Crippen molar-refractivity contribution in [3.8, 4) is 0 Å². The van der Waals surface area contributed by atoms with Crippen LogP contribution >= 0.6 is 0 Å². The molecule has 0 amide bonds. The van der Waals surface area contributed by atoms with Crippen LogP contribution in [0.25, 0.3) is 0 Å². The Balaban J connectivity index is 3.95. The van der Waals surface area contributed by atoms with Gasteiger partial charge in [0.1, 0.15) is 0 Å². The van der Waals surface area contributed by atoms with Crippen molar-refractivity contribution in [2.45, 2.75) is 39.2 Å². The van der Waals surface area contributed by atoms with Gasteiger partial charge in [-0.05, 0) is 32.7 Å². The zero-order chi connectivity index (χ0) is 8.91. The summed E-state index contributed by atoms with van der Waals surface area (Å²) in [6, 6.07) is 0. The number of hydrogen-bond donors (Lipinski definition) is 1. The lowest BCUT2D eigenvalue weighted by Crippen LogP contribution is -2.40. The predicted molar refractivity (Wildman–Crippen MR) is 51.7 cm³/mol. The Bertz CT molecular complexity index is 114. The molecule has 2 unspecified atom stereocenters. The summed E-state index contributed by atoms with van der Waals surface area (Å²) in [4.78, 5) is 0. The molecule has 0 spiro atoms. The normalized spacial score (nSPS) is 18.9. The van der Waals surface area contributed by atoms with Gasteiger partial charge in [0.15, 0.2) is 0 Å². The molecule has 1 nitrogen and oxygen atoms in total. The van der Waals surface area contributed by atoms with Crippen molar-refractivity contribution in [1.29, 1.82) is 0 Å². The van der Waals surface area contributed by atoms with Crippen LogP contribution in [0.15, 0.2) is 12.7 Å². The Hall–Kier alpha value is -0.300. The highest BCUT2D eigenvalue weighted by atomic mass is 14.9. The number of allylic oxidation sites excluding steroid dienone is 1. The summed E-state index contributed by atoms with van der Waals surface area (Å²) in [5, 5.41) is 3.35. The second-order valence-corrected chi connectivity index (χ2v) is 3.58. The van der Waals surface area contributed by atoms with E-state index >= 15 is 0 Å². The lowest BCUT2D eigenvalue weighted by atomic mass is 9.88. The van der Waals surface area contributed by atoms with Gasteiger partial charge < -0.3 is 5.32 Å². The zero-order valence-electron chi connectivity index (χ0n) is 8.28. The van der Waals surface area contributed by atoms with E-state index in [1.54, 1.807) is 0 Å². The zero-order valence-corrected chi connectivity index (χ0v) is 8.28. The van der Waals surface area contributed by atoms with E-state index in [4.69, 9.17) is 0 Å². The summed E-state index contributed by atoms with van der Waals surface area (Å²) >= 11 is 0. The van der Waals surface area contributed by atoms with Crippen LogP contribution in [0.3, 0.4) is 0 Å². The SMILES string of the molecule is C=CC(C)CC(C)(CC)NC. The summed E-state index contributed by atoms with van der Waals surface area (Å²) in [5.41, 5.74) is 0.285. The first-order valence-corrected chi connectivity index (χ1v) is 4.39. The molecule has 0 heterocycles. The van der Waals surface area contributed by atoms with Crippen molar-refractivity contribution < 1.29 is 0 Å². The molecule has 66 valence electrons. The quantitative estimate of drug-likeness (QED) is 0.602. The number of nitrogens with one attached hydrogen (secondary N) is 1. The molecule has 0 aliphatic carbocycles. The Morgan fingerprint density at radius 2 is 2.18 bits per heavy atom. The van der Waals surface area contributed by atoms with Crippen molar-refractivity contribution in [3.63, 3.8) is 0 Å². The fraction of sp³-hybridized carbons (Fsp3) is 0.800. The monoisotopic (exact) mass is 155 g/mol. The van der Waals surface area contributed by atoms with E-state index in [0.717, 1.165) is 0 Å². The maximum Gasteiger partial charge on any atom is 0.0153 e. The van der Waals surface area contributed by atoms with Gasteiger partial charge in [0.2, 0.25) is 0 Å². The van der Waals surface area contributed by atoms with Crippen molar-refractivity contribution >= 4 is 0 Å². The minimum atomic E-state index is 0.285. The first-order valence-electron chi connectivity index (χ1n) is 4.39. The van der Waals surface area contributed by atoms with Crippen molar-refractivity contribution in [2.24, 2.45) is 5.92 Å². The third-order valence-electron chi connectivity index (χ3n) is 2.56. The van der Waals surface area contributed by atoms with Crippen molar-refractivity contribution in [1.82, 2.24) is 5.32 Å². The lowest BCUT2D eigenvalue weighted by molar-refractivity contribution is 0.315. The van der Waals surface area contributed by atoms with E-state index < -0.39 is 0 Å². The van der Waals surface area contributed by atoms with Gasteiger partial charge in [-0.2, -0.15) is 0 Å². The fourth-order valence-electron chi connectivity index (χ4n) is 1.22. The molecule has 0 aromatic carbocycles. The van der Waals surface area contributed by atoms with Crippen LogP contribution in [0.4, 0.5) is 0 Å². The molecule has 0 rings (SSSR count). The van der Waals surface area contributed by atoms with Crippen LogP contribution in [0, 0.1) is 5.92 Å². The molecule has 0 aliphatic heterocycles. The second kappa shape index (κ2) is 4.55. The van der Waals surface area contributed by atoms with Crippen molar-refractivity contribution in [3.05, 3.63) is 12.7 Å². The van der Waals surface area contributed by atoms with E-state index in [1.807, 2.05) is 13.1 Å². The van der Waals surface area contributed by atoms with Crippen LogP contribution in [-0.2, 0) is 0 Å². The molecule has 0 aromatic heterocycles. The molecule has 1 heteroatoms. The Labute approximate surface area is 70.9 Å². The molecule has 0 bridgehead atoms. The fourth-order valence-corrected chi connectivity index (χ4v) is 1.22. The summed E-state index contributed by atoms with van der Waals surface area (Å²) < 4.78 is 0. The van der Waals surface area contributed by atoms with E-state index in [-0.39, 0.29) is 5.54 Å². The van der Waals surface area contributed by atoms with Gasteiger partial charge in [0, 0.05) is 5.54 Å². The number of hydrogen-bond acceptors (Lipinski definition) is 1. The van der Waals surface area contributed by atoms with E-state index in [1.165, 1.54) is 12.8 Å². The highest BCUT2D eigenvalue weighted by Gasteiger charge is 2.20. The molecule has 0 aromatic rings. The van der Waals surface area contributed by atoms with Crippen LogP contribution in [0.2, 0.25) is 0 Å². The molecule has 1 N–H and O–H groups in total. The van der Waals surface area contributed by atoms with Gasteiger partial charge in [-0.3, -0.25) is 0 Å². The molecule has 0 fully saturated rings. The number of rotatable bonds is 5. The third kappa shape index (κ3) is 3.57. The summed E-state index contributed by atoms with van der Waals surface area (Å²) in [6.45, 7) is 10.5. The molecule has 11 heavy (non-hydrogen) atoms. The minimum absolute atomic E-state index is 0.285. The average Bonchev–Trinajstić information content (AvgIpc) is 2.04. The average molecular weight is 155 g/mol. The first-order chi connectivity index (χ1) is 5.08. The van der Waals surface area contributed by atoms with Gasteiger partial charge in [-0.25, -0.2) is 0 Å². The van der Waals surface area contributed by atoms with E-state index in [9.17, 15) is 0 Å². The highest BCUT2D eigenvalue weighted by molar-refractivity contribution is 4.87. The smallest absolute Gasteiger partial charge is 0.0153 e. The molecule has 0 saturated heterocycles. The van der Waals surface area contributed by atoms with Gasteiger partial charge in [-0.15, -0.1) is 6.58 Å². The van der Waals surface area contributed by atoms with Gasteiger partial charge in [0.25, 0.3) is 0 Å². The maximum atomic E-state index is 3.79. The standard InChI is InChI=1S/C10H21N/c1-6-9(3)8-10(4,7-2)11-5/h6,9,11H,1,7-8H2,2-5H3. The van der Waals surface area contributed by atoms with Crippen molar-refractivity contribution in [2.75, 3.05) is 7.05 Å². The molecular formula is C10H21N. The highest BCUT2D eigenvalue weighted by Crippen LogP contribution is 2.19. The van der Waals surface area contributed by atoms with Crippen LogP contribution in [-0.4, -0.2) is 12.6 Å². The molecular weight excluding hydrogens is 134 g/mol. The topological polar surface area (TPSA) is 12.0 Å². The second-order valence-electron chi connectivity index (χ2n) is 3.58. The molecule has 0 radical (unpaired) electrons. The molecule has 0 saturated carbocycles. The van der Waals surface area contributed by atoms with E-state index in [0.29, 0.717) is 5.92 Å². The Morgan fingerprint density at radius 3 is 2.45 bits per heavy atom. The van der Waals surface area contributed by atoms with Gasteiger partial charge in [0.05, 0.1) is 0 Å². The van der Waals surface area contributed by atoms with Crippen LogP contribution in [0.1, 0.15) is 33.6 Å². The third-order valence-corrected chi connectivity index (χ3v) is 2.56.